The van der Waals surface area contributed by atoms with E-state index in [2.05, 4.69) is 20.3 Å². The maximum atomic E-state index is 14.6. The topological polar surface area (TPSA) is 206 Å². The number of hydrogen-bond acceptors (Lipinski definition) is 11. The van der Waals surface area contributed by atoms with Gasteiger partial charge in [-0.15, -0.1) is 0 Å². The Labute approximate surface area is 321 Å². The molecule has 0 saturated carbocycles. The van der Waals surface area contributed by atoms with Crippen LogP contribution < -0.4 is 21.1 Å². The van der Waals surface area contributed by atoms with Gasteiger partial charge in [0.2, 0.25) is 27.6 Å². The van der Waals surface area contributed by atoms with E-state index in [4.69, 9.17) is 14.9 Å². The molecule has 16 heteroatoms. The Kier molecular flexibility index (Phi) is 13.7. The first-order chi connectivity index (χ1) is 26.6. The summed E-state index contributed by atoms with van der Waals surface area (Å²) in [4.78, 5) is 63.3. The van der Waals surface area contributed by atoms with Crippen molar-refractivity contribution in [1.82, 2.24) is 30.1 Å². The van der Waals surface area contributed by atoms with Gasteiger partial charge < -0.3 is 35.3 Å². The monoisotopic (exact) mass is 777 g/mol. The zero-order chi connectivity index (χ0) is 38.8. The molecule has 0 bridgehead atoms. The van der Waals surface area contributed by atoms with Gasteiger partial charge in [-0.05, 0) is 102 Å². The van der Waals surface area contributed by atoms with Crippen molar-refractivity contribution in [2.24, 2.45) is 5.73 Å². The largest absolute Gasteiger partial charge is 0.444 e. The van der Waals surface area contributed by atoms with Crippen LogP contribution in [0.4, 0.5) is 4.79 Å². The summed E-state index contributed by atoms with van der Waals surface area (Å²) in [6.07, 6.45) is 6.09. The number of nitrogens with one attached hydrogen (secondary N) is 3. The molecule has 296 valence electrons. The van der Waals surface area contributed by atoms with Gasteiger partial charge in [0, 0.05) is 19.5 Å². The average Bonchev–Trinajstić information content (AvgIpc) is 3.84. The number of para-hydroxylation sites is 2. The summed E-state index contributed by atoms with van der Waals surface area (Å²) in [6, 6.07) is 11.2. The number of ether oxygens (including phenoxy) is 1. The molecule has 3 aliphatic heterocycles. The minimum Gasteiger partial charge on any atom is -0.444 e. The molecule has 0 radical (unpaired) electrons. The van der Waals surface area contributed by atoms with E-state index in [0.29, 0.717) is 43.6 Å². The van der Waals surface area contributed by atoms with Gasteiger partial charge in [0.05, 0.1) is 17.5 Å². The zero-order valence-electron chi connectivity index (χ0n) is 31.0. The SMILES string of the molecule is NCCCC[C@H](NC(=O)[C@@H]1C[C@@H](OC(=O)N2CCCCC2)CN1C(=O)[C@@H](CC=C1CCNCC1)NS(=O)(=O)c1ccccc1)C(=O)c1nc2ccccc2o1. The highest BCUT2D eigenvalue weighted by molar-refractivity contribution is 7.89. The minimum absolute atomic E-state index is 0.00981. The van der Waals surface area contributed by atoms with Gasteiger partial charge in [-0.3, -0.25) is 14.4 Å². The standard InChI is InChI=1S/C39H51N7O8S/c40-20-8-7-14-31(35(47)37-43-30-13-5-6-15-34(30)54-37)42-36(48)33-25-28(53-39(50)45-23-9-2-10-24-45)26-46(33)38(49)32(17-16-27-18-21-41-22-19-27)44-55(51,52)29-11-3-1-4-12-29/h1,3-6,11-13,15-16,28,31-33,41,44H,2,7-10,14,17-26,40H2,(H,42,48)/t28-,31+,32-,33+/m1/s1. The highest BCUT2D eigenvalue weighted by Crippen LogP contribution is 2.26. The summed E-state index contributed by atoms with van der Waals surface area (Å²) in [5, 5.41) is 6.14. The van der Waals surface area contributed by atoms with Crippen molar-refractivity contribution in [1.29, 1.82) is 0 Å². The first-order valence-electron chi connectivity index (χ1n) is 19.2. The van der Waals surface area contributed by atoms with Gasteiger partial charge in [0.15, 0.2) is 5.58 Å². The second-order valence-corrected chi connectivity index (χ2v) is 16.0. The number of carbonyl (C=O) groups is 4. The number of carbonyl (C=O) groups excluding carboxylic acids is 4. The number of likely N-dealkylation sites (tertiary alicyclic amines) is 2. The van der Waals surface area contributed by atoms with Gasteiger partial charge in [-0.1, -0.05) is 42.0 Å². The number of hydrogen-bond donors (Lipinski definition) is 4. The lowest BCUT2D eigenvalue weighted by atomic mass is 10.0. The van der Waals surface area contributed by atoms with Gasteiger partial charge >= 0.3 is 6.09 Å². The maximum absolute atomic E-state index is 14.6. The van der Waals surface area contributed by atoms with Crippen LogP contribution in [0, 0.1) is 0 Å². The lowest BCUT2D eigenvalue weighted by Gasteiger charge is -2.29. The third-order valence-electron chi connectivity index (χ3n) is 10.4. The number of piperidine rings is 2. The molecular formula is C39H51N7O8S. The van der Waals surface area contributed by atoms with Gasteiger partial charge in [0.25, 0.3) is 5.89 Å². The van der Waals surface area contributed by atoms with Crippen LogP contribution in [0.25, 0.3) is 11.1 Å². The molecule has 6 rings (SSSR count). The lowest BCUT2D eigenvalue weighted by Crippen LogP contribution is -2.55. The van der Waals surface area contributed by atoms with Crippen LogP contribution in [0.2, 0.25) is 0 Å². The van der Waals surface area contributed by atoms with Crippen LogP contribution in [0.3, 0.4) is 0 Å². The molecule has 3 aromatic rings. The van der Waals surface area contributed by atoms with Crippen molar-refractivity contribution in [3.8, 4) is 0 Å². The third-order valence-corrected chi connectivity index (χ3v) is 11.8. The molecule has 0 aliphatic carbocycles. The number of aromatic nitrogens is 1. The number of nitrogens with two attached hydrogens (primary N) is 1. The number of rotatable bonds is 15. The smallest absolute Gasteiger partial charge is 0.410 e. The molecular weight excluding hydrogens is 727 g/mol. The summed E-state index contributed by atoms with van der Waals surface area (Å²) in [7, 11) is -4.16. The predicted octanol–water partition coefficient (Wildman–Crippen LogP) is 3.26. The first kappa shape index (κ1) is 40.0. The number of oxazole rings is 1. The third kappa shape index (κ3) is 10.4. The Morgan fingerprint density at radius 3 is 2.44 bits per heavy atom. The van der Waals surface area contributed by atoms with E-state index in [9.17, 15) is 27.6 Å². The van der Waals surface area contributed by atoms with Crippen LogP contribution in [0.15, 0.2) is 75.6 Å². The Morgan fingerprint density at radius 2 is 1.71 bits per heavy atom. The second kappa shape index (κ2) is 18.8. The lowest BCUT2D eigenvalue weighted by molar-refractivity contribution is -0.139. The minimum atomic E-state index is -4.16. The molecule has 3 fully saturated rings. The van der Waals surface area contributed by atoms with Crippen molar-refractivity contribution >= 4 is 44.8 Å². The molecule has 3 aliphatic rings. The van der Waals surface area contributed by atoms with E-state index in [1.54, 1.807) is 47.4 Å². The Balaban J connectivity index is 1.28. The Bertz CT molecular complexity index is 1910. The molecule has 0 unspecified atom stereocenters. The van der Waals surface area contributed by atoms with Crippen molar-refractivity contribution < 1.29 is 36.7 Å². The zero-order valence-corrected chi connectivity index (χ0v) is 31.8. The number of benzene rings is 2. The molecule has 55 heavy (non-hydrogen) atoms. The second-order valence-electron chi connectivity index (χ2n) is 14.3. The molecule has 0 spiro atoms. The Hall–Kier alpha value is -4.64. The average molecular weight is 778 g/mol. The van der Waals surface area contributed by atoms with E-state index in [0.717, 1.165) is 50.8 Å². The molecule has 2 aromatic carbocycles. The number of nitrogens with zero attached hydrogens (tertiary/aromatic N) is 3. The highest BCUT2D eigenvalue weighted by atomic mass is 32.2. The quantitative estimate of drug-likeness (QED) is 0.100. The van der Waals surface area contributed by atoms with E-state index >= 15 is 0 Å². The van der Waals surface area contributed by atoms with Crippen molar-refractivity contribution in [2.45, 2.75) is 93.3 Å². The number of ketones is 1. The fourth-order valence-electron chi connectivity index (χ4n) is 7.32. The van der Waals surface area contributed by atoms with Gasteiger partial charge in [-0.25, -0.2) is 18.2 Å². The van der Waals surface area contributed by atoms with Gasteiger partial charge in [-0.2, -0.15) is 4.72 Å². The van der Waals surface area contributed by atoms with E-state index < -0.39 is 57.9 Å². The van der Waals surface area contributed by atoms with E-state index in [-0.39, 0.29) is 36.6 Å². The fraction of sp³-hybridized carbons (Fsp3) is 0.513. The fourth-order valence-corrected chi connectivity index (χ4v) is 8.54. The van der Waals surface area contributed by atoms with Crippen LogP contribution in [-0.4, -0.2) is 110 Å². The van der Waals surface area contributed by atoms with Crippen LogP contribution in [0.1, 0.15) is 74.9 Å². The van der Waals surface area contributed by atoms with Crippen molar-refractivity contribution in [3.05, 3.63) is 72.1 Å². The first-order valence-corrected chi connectivity index (χ1v) is 20.7. The molecule has 5 N–H and O–H groups in total. The number of sulfonamides is 1. The highest BCUT2D eigenvalue weighted by Gasteiger charge is 2.45. The van der Waals surface area contributed by atoms with Crippen LogP contribution >= 0.6 is 0 Å². The van der Waals surface area contributed by atoms with Gasteiger partial charge in [0.1, 0.15) is 23.7 Å². The number of unbranched alkanes of at least 4 members (excludes halogenated alkanes) is 1. The van der Waals surface area contributed by atoms with E-state index in [1.165, 1.54) is 17.0 Å². The maximum Gasteiger partial charge on any atom is 0.410 e. The van der Waals surface area contributed by atoms with E-state index in [1.807, 2.05) is 6.08 Å². The van der Waals surface area contributed by atoms with Crippen LogP contribution in [-0.2, 0) is 24.3 Å². The summed E-state index contributed by atoms with van der Waals surface area (Å²) >= 11 is 0. The summed E-state index contributed by atoms with van der Waals surface area (Å²) in [6.45, 7) is 2.89. The number of Topliss-reactive ketones (excluding diaryl/α,β-unsaturated/α-hetero) is 1. The van der Waals surface area contributed by atoms with Crippen LogP contribution in [0.5, 0.6) is 0 Å². The normalized spacial score (nSPS) is 20.2. The molecule has 3 amide bonds. The molecule has 15 nitrogen and oxygen atoms in total. The molecule has 4 atom stereocenters. The molecule has 4 heterocycles. The Morgan fingerprint density at radius 1 is 0.982 bits per heavy atom. The summed E-state index contributed by atoms with van der Waals surface area (Å²) in [5.41, 5.74) is 7.76. The van der Waals surface area contributed by atoms with Crippen molar-refractivity contribution in [3.63, 3.8) is 0 Å². The number of fused-ring (bicyclic) bond motifs is 1. The summed E-state index contributed by atoms with van der Waals surface area (Å²) < 4.78 is 41.5. The molecule has 1 aromatic heterocycles. The van der Waals surface area contributed by atoms with Crippen molar-refractivity contribution in [2.75, 3.05) is 39.3 Å². The summed E-state index contributed by atoms with van der Waals surface area (Å²) in [5.74, 6) is -1.98. The molecule has 3 saturated heterocycles. The predicted molar refractivity (Wildman–Crippen MR) is 204 cm³/mol. The number of amides is 3.